The summed E-state index contributed by atoms with van der Waals surface area (Å²) < 4.78 is 7.04. The first-order valence-electron chi connectivity index (χ1n) is 10.4. The van der Waals surface area contributed by atoms with Gasteiger partial charge in [0, 0.05) is 49.9 Å². The molecule has 0 bridgehead atoms. The maximum atomic E-state index is 12.7. The molecule has 5 N–H and O–H groups in total. The summed E-state index contributed by atoms with van der Waals surface area (Å²) in [6, 6.07) is 11.4. The molecule has 1 fully saturated rings. The van der Waals surface area contributed by atoms with Gasteiger partial charge in [0.2, 0.25) is 0 Å². The second-order valence-corrected chi connectivity index (χ2v) is 7.76. The molecule has 162 valence electrons. The molecular weight excluding hydrogens is 392 g/mol. The Bertz CT molecular complexity index is 1150. The lowest BCUT2D eigenvalue weighted by atomic mass is 10.0. The summed E-state index contributed by atoms with van der Waals surface area (Å²) in [5.74, 6) is 0.233. The molecule has 1 saturated heterocycles. The third-order valence-corrected chi connectivity index (χ3v) is 5.58. The topological polar surface area (TPSA) is 111 Å². The minimum Gasteiger partial charge on any atom is -0.398 e. The van der Waals surface area contributed by atoms with Gasteiger partial charge in [0.1, 0.15) is 0 Å². The third kappa shape index (κ3) is 4.34. The number of nitrogens with two attached hydrogens (primary N) is 2. The van der Waals surface area contributed by atoms with Crippen molar-refractivity contribution in [2.75, 3.05) is 48.0 Å². The van der Waals surface area contributed by atoms with Crippen LogP contribution in [0.15, 0.2) is 47.4 Å². The molecule has 8 nitrogen and oxygen atoms in total. The van der Waals surface area contributed by atoms with Crippen LogP contribution in [0, 0.1) is 6.92 Å². The van der Waals surface area contributed by atoms with E-state index in [0.29, 0.717) is 29.4 Å². The van der Waals surface area contributed by atoms with Crippen molar-refractivity contribution in [2.24, 2.45) is 7.05 Å². The standard InChI is InChI=1S/C23H28N6O2/c1-15-17(5-3-6-18(15)24)20-14-28(2)23(30)22(27-20)26-16-7-8-21(19(25)13-16)29-9-4-11-31-12-10-29/h3,5-8,13-14H,4,9-12,24-25H2,1-2H3,(H,26,27). The van der Waals surface area contributed by atoms with Gasteiger partial charge >= 0.3 is 0 Å². The first-order valence-corrected chi connectivity index (χ1v) is 10.4. The Labute approximate surface area is 181 Å². The Morgan fingerprint density at radius 1 is 1.10 bits per heavy atom. The summed E-state index contributed by atoms with van der Waals surface area (Å²) in [5.41, 5.74) is 17.7. The minimum atomic E-state index is -0.224. The van der Waals surface area contributed by atoms with E-state index in [1.54, 1.807) is 13.2 Å². The summed E-state index contributed by atoms with van der Waals surface area (Å²) in [6.45, 7) is 5.11. The molecule has 8 heteroatoms. The molecule has 0 radical (unpaired) electrons. The largest absolute Gasteiger partial charge is 0.398 e. The van der Waals surface area contributed by atoms with Crippen molar-refractivity contribution in [1.82, 2.24) is 9.55 Å². The molecule has 2 heterocycles. The zero-order valence-corrected chi connectivity index (χ0v) is 17.9. The van der Waals surface area contributed by atoms with Crippen LogP contribution in [0.5, 0.6) is 0 Å². The Kier molecular flexibility index (Phi) is 5.81. The van der Waals surface area contributed by atoms with Crippen LogP contribution in [-0.4, -0.2) is 35.9 Å². The number of nitrogens with zero attached hydrogens (tertiary/aromatic N) is 3. The molecule has 0 aliphatic carbocycles. The van der Waals surface area contributed by atoms with Crippen molar-refractivity contribution in [3.8, 4) is 11.3 Å². The highest BCUT2D eigenvalue weighted by molar-refractivity contribution is 5.75. The quantitative estimate of drug-likeness (QED) is 0.557. The number of nitrogens with one attached hydrogen (secondary N) is 1. The second kappa shape index (κ2) is 8.69. The van der Waals surface area contributed by atoms with E-state index in [4.69, 9.17) is 16.2 Å². The number of hydrogen-bond acceptors (Lipinski definition) is 7. The van der Waals surface area contributed by atoms with E-state index in [-0.39, 0.29) is 11.4 Å². The van der Waals surface area contributed by atoms with E-state index < -0.39 is 0 Å². The molecule has 0 spiro atoms. The van der Waals surface area contributed by atoms with E-state index in [1.807, 2.05) is 43.3 Å². The number of ether oxygens (including phenoxy) is 1. The van der Waals surface area contributed by atoms with Crippen LogP contribution >= 0.6 is 0 Å². The van der Waals surface area contributed by atoms with Gasteiger partial charge in [0.15, 0.2) is 5.82 Å². The zero-order chi connectivity index (χ0) is 22.0. The molecule has 0 unspecified atom stereocenters. The summed E-state index contributed by atoms with van der Waals surface area (Å²) in [5, 5.41) is 3.14. The molecule has 0 amide bonds. The fourth-order valence-electron chi connectivity index (χ4n) is 3.79. The van der Waals surface area contributed by atoms with E-state index >= 15 is 0 Å². The molecule has 4 rings (SSSR count). The number of hydrogen-bond donors (Lipinski definition) is 3. The maximum Gasteiger partial charge on any atom is 0.293 e. The summed E-state index contributed by atoms with van der Waals surface area (Å²) >= 11 is 0. The Hall–Kier alpha value is -3.52. The average molecular weight is 421 g/mol. The Balaban J connectivity index is 1.65. The SMILES string of the molecule is Cc1c(N)cccc1-c1cn(C)c(=O)c(Nc2ccc(N3CCCOCC3)c(N)c2)n1. The van der Waals surface area contributed by atoms with Gasteiger partial charge in [-0.3, -0.25) is 4.79 Å². The van der Waals surface area contributed by atoms with Gasteiger partial charge in [-0.15, -0.1) is 0 Å². The van der Waals surface area contributed by atoms with Crippen molar-refractivity contribution < 1.29 is 4.74 Å². The summed E-state index contributed by atoms with van der Waals surface area (Å²) in [7, 11) is 1.71. The van der Waals surface area contributed by atoms with E-state index in [2.05, 4.69) is 15.2 Å². The monoisotopic (exact) mass is 420 g/mol. The van der Waals surface area contributed by atoms with E-state index in [9.17, 15) is 4.79 Å². The highest BCUT2D eigenvalue weighted by Gasteiger charge is 2.15. The fraction of sp³-hybridized carbons (Fsp3) is 0.304. The normalized spacial score (nSPS) is 14.3. The smallest absolute Gasteiger partial charge is 0.293 e. The number of anilines is 5. The van der Waals surface area contributed by atoms with Crippen molar-refractivity contribution in [1.29, 1.82) is 0 Å². The predicted octanol–water partition coefficient (Wildman–Crippen LogP) is 2.89. The first kappa shape index (κ1) is 20.7. The Morgan fingerprint density at radius 2 is 1.94 bits per heavy atom. The van der Waals surface area contributed by atoms with Crippen LogP contribution in [0.25, 0.3) is 11.3 Å². The zero-order valence-electron chi connectivity index (χ0n) is 17.9. The number of benzene rings is 2. The van der Waals surface area contributed by atoms with Crippen molar-refractivity contribution in [3.05, 3.63) is 58.5 Å². The lowest BCUT2D eigenvalue weighted by Gasteiger charge is -2.24. The molecule has 1 aliphatic rings. The van der Waals surface area contributed by atoms with Crippen LogP contribution in [0.4, 0.5) is 28.6 Å². The van der Waals surface area contributed by atoms with Crippen LogP contribution < -0.4 is 27.2 Å². The van der Waals surface area contributed by atoms with Crippen molar-refractivity contribution in [2.45, 2.75) is 13.3 Å². The van der Waals surface area contributed by atoms with Crippen LogP contribution in [0.2, 0.25) is 0 Å². The van der Waals surface area contributed by atoms with Gasteiger partial charge in [-0.1, -0.05) is 12.1 Å². The van der Waals surface area contributed by atoms with Gasteiger partial charge in [-0.05, 0) is 43.2 Å². The van der Waals surface area contributed by atoms with Gasteiger partial charge < -0.3 is 31.0 Å². The van der Waals surface area contributed by atoms with Crippen LogP contribution in [0.1, 0.15) is 12.0 Å². The fourth-order valence-corrected chi connectivity index (χ4v) is 3.79. The molecule has 2 aromatic carbocycles. The summed E-state index contributed by atoms with van der Waals surface area (Å²) in [6.07, 6.45) is 2.68. The maximum absolute atomic E-state index is 12.7. The van der Waals surface area contributed by atoms with Crippen LogP contribution in [0.3, 0.4) is 0 Å². The van der Waals surface area contributed by atoms with Gasteiger partial charge in [-0.2, -0.15) is 0 Å². The number of aromatic nitrogens is 2. The molecule has 31 heavy (non-hydrogen) atoms. The van der Waals surface area contributed by atoms with Gasteiger partial charge in [0.05, 0.1) is 23.7 Å². The van der Waals surface area contributed by atoms with Crippen molar-refractivity contribution >= 4 is 28.6 Å². The van der Waals surface area contributed by atoms with Gasteiger partial charge in [-0.25, -0.2) is 4.98 Å². The number of nitrogen functional groups attached to an aromatic ring is 2. The lowest BCUT2D eigenvalue weighted by molar-refractivity contribution is 0.152. The number of aryl methyl sites for hydroxylation is 1. The molecule has 0 atom stereocenters. The Morgan fingerprint density at radius 3 is 2.74 bits per heavy atom. The average Bonchev–Trinajstić information content (AvgIpc) is 3.03. The predicted molar refractivity (Wildman–Crippen MR) is 126 cm³/mol. The van der Waals surface area contributed by atoms with Gasteiger partial charge in [0.25, 0.3) is 5.56 Å². The second-order valence-electron chi connectivity index (χ2n) is 7.76. The highest BCUT2D eigenvalue weighted by atomic mass is 16.5. The molecule has 1 aliphatic heterocycles. The first-order chi connectivity index (χ1) is 14.9. The molecule has 3 aromatic rings. The molecule has 0 saturated carbocycles. The minimum absolute atomic E-state index is 0.224. The third-order valence-electron chi connectivity index (χ3n) is 5.58. The lowest BCUT2D eigenvalue weighted by Crippen LogP contribution is -2.26. The van der Waals surface area contributed by atoms with Crippen LogP contribution in [-0.2, 0) is 11.8 Å². The number of rotatable bonds is 4. The molecule has 1 aromatic heterocycles. The summed E-state index contributed by atoms with van der Waals surface area (Å²) in [4.78, 5) is 19.5. The highest BCUT2D eigenvalue weighted by Crippen LogP contribution is 2.29. The van der Waals surface area contributed by atoms with E-state index in [1.165, 1.54) is 4.57 Å². The van der Waals surface area contributed by atoms with Crippen molar-refractivity contribution in [3.63, 3.8) is 0 Å². The molecular formula is C23H28N6O2. The van der Waals surface area contributed by atoms with E-state index in [0.717, 1.165) is 42.9 Å².